The van der Waals surface area contributed by atoms with Crippen LogP contribution in [0.25, 0.3) is 99.9 Å². The first-order valence-corrected chi connectivity index (χ1v) is 17.3. The number of aromatic nitrogens is 5. The van der Waals surface area contributed by atoms with Gasteiger partial charge in [-0.1, -0.05) is 146 Å². The minimum atomic E-state index is 0.625. The molecule has 0 N–H and O–H groups in total. The van der Waals surface area contributed by atoms with Crippen molar-refractivity contribution in [2.75, 3.05) is 0 Å². The zero-order valence-corrected chi connectivity index (χ0v) is 28.0. The van der Waals surface area contributed by atoms with Crippen LogP contribution in [-0.2, 0) is 0 Å². The third kappa shape index (κ3) is 5.24. The molecule has 0 bridgehead atoms. The highest BCUT2D eigenvalue weighted by atomic mass is 15.0. The third-order valence-electron chi connectivity index (χ3n) is 9.72. The molecular formula is C47H29N5. The minimum absolute atomic E-state index is 0.625. The highest BCUT2D eigenvalue weighted by Crippen LogP contribution is 2.37. The number of pyridine rings is 2. The smallest absolute Gasteiger partial charge is 0.164 e. The molecule has 0 saturated heterocycles. The third-order valence-corrected chi connectivity index (χ3v) is 9.72. The molecule has 7 aromatic carbocycles. The molecule has 5 heteroatoms. The molecule has 0 spiro atoms. The summed E-state index contributed by atoms with van der Waals surface area (Å²) in [4.78, 5) is 25.0. The Morgan fingerprint density at radius 2 is 0.885 bits per heavy atom. The van der Waals surface area contributed by atoms with Crippen LogP contribution in [0, 0.1) is 0 Å². The van der Waals surface area contributed by atoms with Crippen LogP contribution in [0.3, 0.4) is 0 Å². The Morgan fingerprint density at radius 1 is 0.308 bits per heavy atom. The summed E-state index contributed by atoms with van der Waals surface area (Å²) in [6.45, 7) is 0. The second-order valence-electron chi connectivity index (χ2n) is 12.9. The Kier molecular flexibility index (Phi) is 7.07. The number of hydrogen-bond donors (Lipinski definition) is 0. The van der Waals surface area contributed by atoms with Crippen LogP contribution in [0.4, 0.5) is 0 Å². The zero-order chi connectivity index (χ0) is 34.4. The van der Waals surface area contributed by atoms with Gasteiger partial charge in [-0.15, -0.1) is 0 Å². The van der Waals surface area contributed by atoms with Crippen LogP contribution in [0.15, 0.2) is 176 Å². The maximum Gasteiger partial charge on any atom is 0.164 e. The Morgan fingerprint density at radius 3 is 1.65 bits per heavy atom. The summed E-state index contributed by atoms with van der Waals surface area (Å²) in [6.07, 6.45) is 1.83. The predicted molar refractivity (Wildman–Crippen MR) is 213 cm³/mol. The maximum atomic E-state index is 5.17. The molecule has 0 aliphatic heterocycles. The average Bonchev–Trinajstić information content (AvgIpc) is 3.23. The van der Waals surface area contributed by atoms with Crippen molar-refractivity contribution in [2.45, 2.75) is 0 Å². The van der Waals surface area contributed by atoms with Gasteiger partial charge in [-0.05, 0) is 51.6 Å². The van der Waals surface area contributed by atoms with Crippen LogP contribution in [0.5, 0.6) is 0 Å². The molecule has 0 unspecified atom stereocenters. The number of nitrogens with zero attached hydrogens (tertiary/aromatic N) is 5. The SMILES string of the molecule is c1ccc(-c2nc(-c3ccc4cc(-c5ccc6ccc7cccnc7c6n5)ccc4c3)nc(-c3cccc4cccc(-c5ccccc5)c34)n2)cc1. The van der Waals surface area contributed by atoms with Gasteiger partial charge in [0, 0.05) is 44.6 Å². The predicted octanol–water partition coefficient (Wildman–Crippen LogP) is 11.6. The lowest BCUT2D eigenvalue weighted by molar-refractivity contribution is 1.08. The topological polar surface area (TPSA) is 64.5 Å². The van der Waals surface area contributed by atoms with E-state index in [1.165, 1.54) is 0 Å². The van der Waals surface area contributed by atoms with E-state index in [2.05, 4.69) is 132 Å². The normalized spacial score (nSPS) is 11.5. The molecule has 10 rings (SSSR count). The van der Waals surface area contributed by atoms with E-state index >= 15 is 0 Å². The van der Waals surface area contributed by atoms with E-state index in [0.717, 1.165) is 82.4 Å². The summed E-state index contributed by atoms with van der Waals surface area (Å²) in [6, 6.07) is 58.7. The van der Waals surface area contributed by atoms with E-state index in [-0.39, 0.29) is 0 Å². The molecule has 5 nitrogen and oxygen atoms in total. The van der Waals surface area contributed by atoms with E-state index < -0.39 is 0 Å². The average molecular weight is 664 g/mol. The first-order chi connectivity index (χ1) is 25.7. The Balaban J connectivity index is 1.10. The lowest BCUT2D eigenvalue weighted by Crippen LogP contribution is -2.01. The fourth-order valence-corrected chi connectivity index (χ4v) is 7.16. The Bertz CT molecular complexity index is 2950. The molecule has 3 aromatic heterocycles. The number of hydrogen-bond acceptors (Lipinski definition) is 5. The van der Waals surface area contributed by atoms with Crippen molar-refractivity contribution in [3.05, 3.63) is 176 Å². The van der Waals surface area contributed by atoms with Gasteiger partial charge in [0.1, 0.15) is 0 Å². The number of benzene rings is 7. The monoisotopic (exact) mass is 663 g/mol. The second-order valence-corrected chi connectivity index (χ2v) is 12.9. The molecule has 0 radical (unpaired) electrons. The van der Waals surface area contributed by atoms with Gasteiger partial charge in [-0.25, -0.2) is 19.9 Å². The molecule has 52 heavy (non-hydrogen) atoms. The summed E-state index contributed by atoms with van der Waals surface area (Å²) in [5, 5.41) is 6.61. The van der Waals surface area contributed by atoms with Gasteiger partial charge in [0.05, 0.1) is 16.7 Å². The first-order valence-electron chi connectivity index (χ1n) is 17.3. The Hall–Kier alpha value is -7.11. The molecule has 3 heterocycles. The lowest BCUT2D eigenvalue weighted by Gasteiger charge is -2.13. The molecule has 242 valence electrons. The van der Waals surface area contributed by atoms with Crippen molar-refractivity contribution in [1.29, 1.82) is 0 Å². The Labute approximate surface area is 300 Å². The minimum Gasteiger partial charge on any atom is -0.254 e. The van der Waals surface area contributed by atoms with E-state index in [0.29, 0.717) is 17.5 Å². The zero-order valence-electron chi connectivity index (χ0n) is 28.0. The number of fused-ring (bicyclic) bond motifs is 5. The largest absolute Gasteiger partial charge is 0.254 e. The summed E-state index contributed by atoms with van der Waals surface area (Å²) in [5.41, 5.74) is 8.91. The molecule has 0 amide bonds. The second kappa shape index (κ2) is 12.3. The van der Waals surface area contributed by atoms with Crippen molar-refractivity contribution in [1.82, 2.24) is 24.9 Å². The molecule has 0 saturated carbocycles. The maximum absolute atomic E-state index is 5.17. The standard InChI is InChI=1S/C47H29N5/c1-3-10-30(11-4-1)39-17-7-14-31-15-8-18-40(42(31)39)47-51-45(34-12-5-2-6-13-34)50-46(52-47)38-24-22-35-28-37(23-21-36(35)29-38)41-26-25-33-20-19-32-16-9-27-48-43(32)44(33)49-41/h1-29H. The number of rotatable bonds is 5. The van der Waals surface area contributed by atoms with Gasteiger partial charge >= 0.3 is 0 Å². The highest BCUT2D eigenvalue weighted by Gasteiger charge is 2.17. The summed E-state index contributed by atoms with van der Waals surface area (Å²) >= 11 is 0. The van der Waals surface area contributed by atoms with Crippen LogP contribution in [-0.4, -0.2) is 24.9 Å². The molecular weight excluding hydrogens is 635 g/mol. The fourth-order valence-electron chi connectivity index (χ4n) is 7.16. The molecule has 0 aliphatic carbocycles. The van der Waals surface area contributed by atoms with Gasteiger partial charge in [0.25, 0.3) is 0 Å². The van der Waals surface area contributed by atoms with Crippen molar-refractivity contribution >= 4 is 43.4 Å². The molecule has 0 fully saturated rings. The van der Waals surface area contributed by atoms with Gasteiger partial charge in [-0.2, -0.15) is 0 Å². The van der Waals surface area contributed by atoms with Crippen LogP contribution >= 0.6 is 0 Å². The van der Waals surface area contributed by atoms with Gasteiger partial charge in [-0.3, -0.25) is 4.98 Å². The quantitative estimate of drug-likeness (QED) is 0.171. The molecule has 0 aliphatic rings. The van der Waals surface area contributed by atoms with Gasteiger partial charge in [0.15, 0.2) is 17.5 Å². The van der Waals surface area contributed by atoms with Crippen LogP contribution < -0.4 is 0 Å². The van der Waals surface area contributed by atoms with E-state index in [1.807, 2.05) is 48.7 Å². The summed E-state index contributed by atoms with van der Waals surface area (Å²) in [7, 11) is 0. The van der Waals surface area contributed by atoms with Crippen LogP contribution in [0.2, 0.25) is 0 Å². The van der Waals surface area contributed by atoms with Crippen molar-refractivity contribution in [2.24, 2.45) is 0 Å². The van der Waals surface area contributed by atoms with E-state index in [1.54, 1.807) is 0 Å². The van der Waals surface area contributed by atoms with Crippen LogP contribution in [0.1, 0.15) is 0 Å². The van der Waals surface area contributed by atoms with E-state index in [9.17, 15) is 0 Å². The fraction of sp³-hybridized carbons (Fsp3) is 0. The van der Waals surface area contributed by atoms with E-state index in [4.69, 9.17) is 19.9 Å². The first kappa shape index (κ1) is 29.8. The van der Waals surface area contributed by atoms with Gasteiger partial charge < -0.3 is 0 Å². The summed E-state index contributed by atoms with van der Waals surface area (Å²) < 4.78 is 0. The molecule has 10 aromatic rings. The van der Waals surface area contributed by atoms with Crippen molar-refractivity contribution in [3.8, 4) is 56.5 Å². The van der Waals surface area contributed by atoms with Gasteiger partial charge in [0.2, 0.25) is 0 Å². The highest BCUT2D eigenvalue weighted by molar-refractivity contribution is 6.06. The molecule has 0 atom stereocenters. The van der Waals surface area contributed by atoms with Crippen molar-refractivity contribution < 1.29 is 0 Å². The van der Waals surface area contributed by atoms with Crippen molar-refractivity contribution in [3.63, 3.8) is 0 Å². The lowest BCUT2D eigenvalue weighted by atomic mass is 9.94. The summed E-state index contributed by atoms with van der Waals surface area (Å²) in [5.74, 6) is 1.90.